The number of hydrogen-bond donors (Lipinski definition) is 0. The van der Waals surface area contributed by atoms with E-state index in [1.54, 1.807) is 0 Å². The van der Waals surface area contributed by atoms with Crippen molar-refractivity contribution in [3.8, 4) is 0 Å². The van der Waals surface area contributed by atoms with Crippen LogP contribution in [0, 0.1) is 11.8 Å². The number of carbonyl (C=O) groups is 1. The third-order valence-corrected chi connectivity index (χ3v) is 4.22. The molecule has 1 amide bonds. The highest BCUT2D eigenvalue weighted by atomic mass is 16.5. The molecular weight excluding hydrogens is 268 g/mol. The number of aliphatic imine (C=N–C) groups is 1. The fourth-order valence-corrected chi connectivity index (χ4v) is 3.03. The number of amides is 1. The van der Waals surface area contributed by atoms with Gasteiger partial charge in [0.2, 0.25) is 0 Å². The van der Waals surface area contributed by atoms with Crippen molar-refractivity contribution < 1.29 is 14.3 Å². The zero-order chi connectivity index (χ0) is 15.1. The summed E-state index contributed by atoms with van der Waals surface area (Å²) < 4.78 is 10.7. The summed E-state index contributed by atoms with van der Waals surface area (Å²) in [5.74, 6) is 1.57. The van der Waals surface area contributed by atoms with Gasteiger partial charge in [0.05, 0.1) is 19.8 Å². The van der Waals surface area contributed by atoms with Gasteiger partial charge in [0.15, 0.2) is 0 Å². The zero-order valence-electron chi connectivity index (χ0n) is 13.3. The lowest BCUT2D eigenvalue weighted by Crippen LogP contribution is -2.43. The van der Waals surface area contributed by atoms with Gasteiger partial charge in [-0.15, -0.1) is 0 Å². The molecule has 1 saturated carbocycles. The molecular formula is C16H28N2O3. The Balaban J connectivity index is 1.85. The van der Waals surface area contributed by atoms with Gasteiger partial charge in [-0.1, -0.05) is 33.1 Å². The maximum Gasteiger partial charge on any atom is 0.435 e. The molecule has 0 bridgehead atoms. The monoisotopic (exact) mass is 296 g/mol. The number of morpholine rings is 1. The average Bonchev–Trinajstić information content (AvgIpc) is 2.52. The van der Waals surface area contributed by atoms with Crippen LogP contribution < -0.4 is 0 Å². The van der Waals surface area contributed by atoms with Crippen LogP contribution in [-0.2, 0) is 9.47 Å². The molecule has 1 aliphatic carbocycles. The quantitative estimate of drug-likeness (QED) is 0.593. The van der Waals surface area contributed by atoms with E-state index < -0.39 is 6.09 Å². The summed E-state index contributed by atoms with van der Waals surface area (Å²) in [5, 5.41) is 0. The second-order valence-corrected chi connectivity index (χ2v) is 6.31. The van der Waals surface area contributed by atoms with Crippen LogP contribution in [0.1, 0.15) is 46.0 Å². The highest BCUT2D eigenvalue weighted by molar-refractivity contribution is 5.93. The van der Waals surface area contributed by atoms with Crippen molar-refractivity contribution in [1.29, 1.82) is 0 Å². The van der Waals surface area contributed by atoms with Crippen molar-refractivity contribution in [3.63, 3.8) is 0 Å². The first-order valence-electron chi connectivity index (χ1n) is 8.25. The third-order valence-electron chi connectivity index (χ3n) is 4.22. The second kappa shape index (κ2) is 8.37. The van der Waals surface area contributed by atoms with Crippen LogP contribution in [0.5, 0.6) is 0 Å². The number of ether oxygens (including phenoxy) is 2. The van der Waals surface area contributed by atoms with Crippen molar-refractivity contribution >= 4 is 11.9 Å². The lowest BCUT2D eigenvalue weighted by atomic mass is 9.90. The van der Waals surface area contributed by atoms with Crippen LogP contribution in [-0.4, -0.2) is 49.7 Å². The molecule has 0 aromatic rings. The first kappa shape index (κ1) is 16.3. The largest absolute Gasteiger partial charge is 0.448 e. The van der Waals surface area contributed by atoms with Gasteiger partial charge in [0.1, 0.15) is 5.84 Å². The summed E-state index contributed by atoms with van der Waals surface area (Å²) in [7, 11) is 0. The van der Waals surface area contributed by atoms with E-state index >= 15 is 0 Å². The predicted octanol–water partition coefficient (Wildman–Crippen LogP) is 3.09. The van der Waals surface area contributed by atoms with E-state index in [-0.39, 0.29) is 5.92 Å². The fourth-order valence-electron chi connectivity index (χ4n) is 3.03. The average molecular weight is 296 g/mol. The summed E-state index contributed by atoms with van der Waals surface area (Å²) in [4.78, 5) is 18.3. The number of nitrogens with zero attached hydrogens (tertiary/aromatic N) is 2. The summed E-state index contributed by atoms with van der Waals surface area (Å²) in [6, 6.07) is 0. The maximum atomic E-state index is 12.0. The molecule has 0 spiro atoms. The second-order valence-electron chi connectivity index (χ2n) is 6.31. The van der Waals surface area contributed by atoms with Gasteiger partial charge < -0.3 is 14.4 Å². The third kappa shape index (κ3) is 5.30. The lowest BCUT2D eigenvalue weighted by molar-refractivity contribution is 0.0658. The van der Waals surface area contributed by atoms with Crippen molar-refractivity contribution in [2.45, 2.75) is 46.0 Å². The first-order chi connectivity index (χ1) is 10.2. The smallest absolute Gasteiger partial charge is 0.435 e. The van der Waals surface area contributed by atoms with Crippen LogP contribution in [0.2, 0.25) is 0 Å². The van der Waals surface area contributed by atoms with Gasteiger partial charge in [-0.2, -0.15) is 4.99 Å². The summed E-state index contributed by atoms with van der Waals surface area (Å²) in [6.07, 6.45) is 5.76. The Hall–Kier alpha value is -1.10. The molecule has 1 heterocycles. The molecule has 1 saturated heterocycles. The molecule has 0 N–H and O–H groups in total. The van der Waals surface area contributed by atoms with E-state index in [0.717, 1.165) is 18.9 Å². The van der Waals surface area contributed by atoms with Crippen molar-refractivity contribution in [3.05, 3.63) is 0 Å². The molecule has 2 aliphatic rings. The zero-order valence-corrected chi connectivity index (χ0v) is 13.3. The van der Waals surface area contributed by atoms with Crippen LogP contribution in [0.25, 0.3) is 0 Å². The first-order valence-corrected chi connectivity index (χ1v) is 8.25. The molecule has 0 radical (unpaired) electrons. The normalized spacial score (nSPS) is 21.7. The van der Waals surface area contributed by atoms with E-state index in [2.05, 4.69) is 23.7 Å². The molecule has 5 heteroatoms. The highest BCUT2D eigenvalue weighted by Crippen LogP contribution is 2.23. The number of rotatable bonds is 3. The summed E-state index contributed by atoms with van der Waals surface area (Å²) >= 11 is 0. The molecule has 2 rings (SSSR count). The SMILES string of the molecule is CC(C)C(=NC(=O)OCC1CCCCC1)N1CCOCC1. The molecule has 0 atom stereocenters. The molecule has 0 aromatic carbocycles. The van der Waals surface area contributed by atoms with Gasteiger partial charge in [0, 0.05) is 19.0 Å². The number of carbonyl (C=O) groups excluding carboxylic acids is 1. The Morgan fingerprint density at radius 3 is 2.52 bits per heavy atom. The van der Waals surface area contributed by atoms with E-state index in [1.807, 2.05) is 0 Å². The van der Waals surface area contributed by atoms with Gasteiger partial charge in [-0.05, 0) is 18.8 Å². The number of hydrogen-bond acceptors (Lipinski definition) is 3. The molecule has 0 aromatic heterocycles. The van der Waals surface area contributed by atoms with Gasteiger partial charge in [-0.25, -0.2) is 4.79 Å². The standard InChI is InChI=1S/C16H28N2O3/c1-13(2)15(18-8-10-20-11-9-18)17-16(19)21-12-14-6-4-3-5-7-14/h13-14H,3-12H2,1-2H3. The Labute approximate surface area is 127 Å². The summed E-state index contributed by atoms with van der Waals surface area (Å²) in [5.41, 5.74) is 0. The van der Waals surface area contributed by atoms with E-state index in [0.29, 0.717) is 25.7 Å². The molecule has 1 aliphatic heterocycles. The minimum Gasteiger partial charge on any atom is -0.448 e. The Morgan fingerprint density at radius 1 is 1.24 bits per heavy atom. The Morgan fingerprint density at radius 2 is 1.90 bits per heavy atom. The van der Waals surface area contributed by atoms with E-state index in [9.17, 15) is 4.79 Å². The van der Waals surface area contributed by atoms with Crippen molar-refractivity contribution in [2.24, 2.45) is 16.8 Å². The molecule has 5 nitrogen and oxygen atoms in total. The van der Waals surface area contributed by atoms with Gasteiger partial charge >= 0.3 is 6.09 Å². The van der Waals surface area contributed by atoms with Crippen molar-refractivity contribution in [2.75, 3.05) is 32.9 Å². The van der Waals surface area contributed by atoms with Crippen LogP contribution in [0.4, 0.5) is 4.79 Å². The van der Waals surface area contributed by atoms with E-state index in [4.69, 9.17) is 9.47 Å². The summed E-state index contributed by atoms with van der Waals surface area (Å²) in [6.45, 7) is 7.63. The molecule has 0 unspecified atom stereocenters. The van der Waals surface area contributed by atoms with Crippen molar-refractivity contribution in [1.82, 2.24) is 4.90 Å². The molecule has 120 valence electrons. The fraction of sp³-hybridized carbons (Fsp3) is 0.875. The van der Waals surface area contributed by atoms with Crippen LogP contribution >= 0.6 is 0 Å². The van der Waals surface area contributed by atoms with E-state index in [1.165, 1.54) is 32.1 Å². The lowest BCUT2D eigenvalue weighted by Gasteiger charge is -2.31. The Kier molecular flexibility index (Phi) is 6.49. The minimum absolute atomic E-state index is 0.213. The molecule has 2 fully saturated rings. The Bertz CT molecular complexity index is 357. The van der Waals surface area contributed by atoms with Gasteiger partial charge in [-0.3, -0.25) is 0 Å². The number of amidine groups is 1. The maximum absolute atomic E-state index is 12.0. The minimum atomic E-state index is -0.434. The highest BCUT2D eigenvalue weighted by Gasteiger charge is 2.20. The topological polar surface area (TPSA) is 51.1 Å². The predicted molar refractivity (Wildman–Crippen MR) is 82.6 cm³/mol. The molecule has 21 heavy (non-hydrogen) atoms. The van der Waals surface area contributed by atoms with Gasteiger partial charge in [0.25, 0.3) is 0 Å². The van der Waals surface area contributed by atoms with Crippen LogP contribution in [0.15, 0.2) is 4.99 Å². The van der Waals surface area contributed by atoms with Crippen LogP contribution in [0.3, 0.4) is 0 Å².